The van der Waals surface area contributed by atoms with E-state index in [0.29, 0.717) is 23.4 Å². The van der Waals surface area contributed by atoms with Crippen molar-refractivity contribution in [1.29, 1.82) is 0 Å². The average Bonchev–Trinajstić information content (AvgIpc) is 3.22. The molecule has 160 valence electrons. The van der Waals surface area contributed by atoms with Crippen molar-refractivity contribution in [2.75, 3.05) is 6.61 Å². The number of fused-ring (bicyclic) bond motifs is 1. The van der Waals surface area contributed by atoms with Gasteiger partial charge in [0.05, 0.1) is 20.8 Å². The molecule has 2 aromatic heterocycles. The Bertz CT molecular complexity index is 1160. The molecule has 1 aliphatic rings. The summed E-state index contributed by atoms with van der Waals surface area (Å²) in [4.78, 5) is 33.1. The van der Waals surface area contributed by atoms with E-state index in [1.165, 1.54) is 10.9 Å². The minimum atomic E-state index is -5.25. The van der Waals surface area contributed by atoms with Gasteiger partial charge in [-0.2, -0.15) is 0 Å². The van der Waals surface area contributed by atoms with E-state index in [2.05, 4.69) is 19.5 Å². The summed E-state index contributed by atoms with van der Waals surface area (Å²) in [7, 11) is -5.25. The van der Waals surface area contributed by atoms with E-state index in [9.17, 15) is 24.6 Å². The molecule has 3 N–H and O–H groups in total. The van der Waals surface area contributed by atoms with Crippen LogP contribution < -0.4 is 68.9 Å². The number of imidazole rings is 1. The molecule has 32 heavy (non-hydrogen) atoms. The Morgan fingerprint density at radius 3 is 2.56 bits per heavy atom. The fourth-order valence-electron chi connectivity index (χ4n) is 3.31. The van der Waals surface area contributed by atoms with Gasteiger partial charge in [-0.1, -0.05) is 42.5 Å². The number of phosphoric acid groups is 1. The molecule has 15 heteroatoms. The third-order valence-corrected chi connectivity index (χ3v) is 5.47. The first-order valence-electron chi connectivity index (χ1n) is 8.91. The zero-order chi connectivity index (χ0) is 21.5. The number of nitrogens with zero attached hydrogens (tertiary/aromatic N) is 3. The van der Waals surface area contributed by atoms with Gasteiger partial charge < -0.3 is 38.8 Å². The smallest absolute Gasteiger partial charge is 0.790 e. The van der Waals surface area contributed by atoms with E-state index in [4.69, 9.17) is 17.0 Å². The van der Waals surface area contributed by atoms with Gasteiger partial charge in [-0.15, -0.1) is 0 Å². The Hall–Kier alpha value is -0.0200. The van der Waals surface area contributed by atoms with Crippen LogP contribution in [0.2, 0.25) is 0 Å². The molecule has 3 heterocycles. The van der Waals surface area contributed by atoms with Gasteiger partial charge in [0.1, 0.15) is 35.3 Å². The molecule has 4 atom stereocenters. The van der Waals surface area contributed by atoms with Gasteiger partial charge in [0.15, 0.2) is 10.9 Å². The molecule has 1 fully saturated rings. The largest absolute Gasteiger partial charge is 1.00 e. The standard InChI is InChI=1S/C17H19N4O7PS.2Na/c22-13-10(7-27-29(24,25)26)28-17(14(13)23)21-8-18-12-15(21)19-11(20-16(12)30)6-9-4-2-1-3-5-9;;/h1-5,8,10,13-14,17,22-23H,6-7H2,(H,19,20,30)(H2,24,25,26);;/q;2*+1/p-2/t10-,13-,14-,17-;;/m1../s1. The van der Waals surface area contributed by atoms with Gasteiger partial charge in [-0.3, -0.25) is 4.57 Å². The summed E-state index contributed by atoms with van der Waals surface area (Å²) in [5, 5.41) is 20.6. The van der Waals surface area contributed by atoms with Crippen molar-refractivity contribution in [2.45, 2.75) is 31.0 Å². The molecule has 0 unspecified atom stereocenters. The van der Waals surface area contributed by atoms with Crippen LogP contribution >= 0.6 is 20.0 Å². The van der Waals surface area contributed by atoms with Crippen LogP contribution in [0, 0.1) is 4.64 Å². The van der Waals surface area contributed by atoms with E-state index in [-0.39, 0.29) is 63.8 Å². The van der Waals surface area contributed by atoms with Gasteiger partial charge in [0.2, 0.25) is 0 Å². The Kier molecular flexibility index (Phi) is 10.2. The number of H-pyrrole nitrogens is 1. The topological polar surface area (TPSA) is 169 Å². The van der Waals surface area contributed by atoms with Crippen molar-refractivity contribution < 1.29 is 92.9 Å². The first kappa shape index (κ1) is 28.2. The summed E-state index contributed by atoms with van der Waals surface area (Å²) in [6, 6.07) is 9.59. The van der Waals surface area contributed by atoms with Crippen molar-refractivity contribution >= 4 is 31.2 Å². The second-order valence-corrected chi connectivity index (χ2v) is 8.33. The predicted molar refractivity (Wildman–Crippen MR) is 101 cm³/mol. The number of aliphatic hydroxyl groups is 2. The first-order chi connectivity index (χ1) is 14.2. The summed E-state index contributed by atoms with van der Waals surface area (Å²) < 4.78 is 22.1. The summed E-state index contributed by atoms with van der Waals surface area (Å²) >= 11 is 5.32. The molecule has 0 spiro atoms. The molecule has 0 saturated carbocycles. The van der Waals surface area contributed by atoms with Crippen LogP contribution in [0.4, 0.5) is 0 Å². The van der Waals surface area contributed by atoms with Crippen LogP contribution in [-0.2, 0) is 20.2 Å². The van der Waals surface area contributed by atoms with Crippen LogP contribution in [-0.4, -0.2) is 54.7 Å². The number of nitrogens with one attached hydrogen (secondary N) is 1. The molecule has 0 bridgehead atoms. The summed E-state index contributed by atoms with van der Waals surface area (Å²) in [6.45, 7) is -0.720. The van der Waals surface area contributed by atoms with Crippen molar-refractivity contribution in [2.24, 2.45) is 0 Å². The van der Waals surface area contributed by atoms with Crippen LogP contribution in [0.3, 0.4) is 0 Å². The van der Waals surface area contributed by atoms with Crippen LogP contribution in [0.25, 0.3) is 11.2 Å². The van der Waals surface area contributed by atoms with Gasteiger partial charge in [-0.25, -0.2) is 9.97 Å². The number of aliphatic hydroxyl groups excluding tert-OH is 2. The fourth-order valence-corrected chi connectivity index (χ4v) is 3.90. The van der Waals surface area contributed by atoms with Gasteiger partial charge in [-0.05, 0) is 5.56 Å². The molecule has 0 radical (unpaired) electrons. The Balaban J connectivity index is 0.00000181. The molecule has 1 aromatic carbocycles. The summed E-state index contributed by atoms with van der Waals surface area (Å²) in [5.74, 6) is 0.562. The maximum Gasteiger partial charge on any atom is 1.00 e. The number of aromatic nitrogens is 4. The van der Waals surface area contributed by atoms with E-state index in [1.807, 2.05) is 30.3 Å². The van der Waals surface area contributed by atoms with E-state index in [1.54, 1.807) is 0 Å². The van der Waals surface area contributed by atoms with Crippen molar-refractivity contribution in [3.05, 3.63) is 52.7 Å². The summed E-state index contributed by atoms with van der Waals surface area (Å²) in [5.41, 5.74) is 1.79. The van der Waals surface area contributed by atoms with Crippen molar-refractivity contribution in [3.63, 3.8) is 0 Å². The van der Waals surface area contributed by atoms with E-state index < -0.39 is 39.0 Å². The first-order valence-corrected chi connectivity index (χ1v) is 10.8. The van der Waals surface area contributed by atoms with Crippen molar-refractivity contribution in [1.82, 2.24) is 19.5 Å². The van der Waals surface area contributed by atoms with Gasteiger partial charge in [0, 0.05) is 6.42 Å². The van der Waals surface area contributed by atoms with Crippen LogP contribution in [0.15, 0.2) is 36.7 Å². The number of ether oxygens (including phenoxy) is 1. The normalized spacial score (nSPS) is 23.0. The van der Waals surface area contributed by atoms with Gasteiger partial charge >= 0.3 is 59.1 Å². The van der Waals surface area contributed by atoms with Crippen LogP contribution in [0.1, 0.15) is 17.6 Å². The molecule has 1 saturated heterocycles. The van der Waals surface area contributed by atoms with E-state index in [0.717, 1.165) is 5.56 Å². The minimum Gasteiger partial charge on any atom is -0.790 e. The predicted octanol–water partition coefficient (Wildman–Crippen LogP) is -6.45. The second-order valence-electron chi connectivity index (χ2n) is 6.79. The zero-order valence-electron chi connectivity index (χ0n) is 17.3. The third kappa shape index (κ3) is 6.35. The SMILES string of the molecule is O=P([O-])([O-])OC[C@H]1O[C@@H](n2cnc3c(=S)nc(Cc4ccccc4)[nH]c32)[C@H](O)[C@@H]1O.[Na+].[Na+]. The molecular formula is C17H17N4Na2O7PS. The molecule has 4 rings (SSSR count). The molecule has 3 aromatic rings. The fraction of sp³-hybridized carbons (Fsp3) is 0.353. The Morgan fingerprint density at radius 2 is 1.91 bits per heavy atom. The molecule has 0 aliphatic carbocycles. The molecule has 1 aliphatic heterocycles. The summed E-state index contributed by atoms with van der Waals surface area (Å²) in [6.07, 6.45) is -3.42. The third-order valence-electron chi connectivity index (χ3n) is 4.72. The van der Waals surface area contributed by atoms with E-state index >= 15 is 0 Å². The second kappa shape index (κ2) is 11.6. The number of rotatable bonds is 6. The quantitative estimate of drug-likeness (QED) is 0.169. The number of hydrogen-bond acceptors (Lipinski definition) is 10. The number of phosphoric ester groups is 1. The maximum absolute atomic E-state index is 10.7. The van der Waals surface area contributed by atoms with Crippen molar-refractivity contribution in [3.8, 4) is 0 Å². The maximum atomic E-state index is 10.7. The number of hydrogen-bond donors (Lipinski definition) is 3. The Morgan fingerprint density at radius 1 is 1.22 bits per heavy atom. The monoisotopic (exact) mass is 498 g/mol. The zero-order valence-corrected chi connectivity index (χ0v) is 23.0. The van der Waals surface area contributed by atoms with Gasteiger partial charge in [0.25, 0.3) is 0 Å². The molecule has 11 nitrogen and oxygen atoms in total. The average molecular weight is 498 g/mol. The number of aromatic amines is 1. The minimum absolute atomic E-state index is 0. The molecule has 0 amide bonds. The molecular weight excluding hydrogens is 481 g/mol. The van der Waals surface area contributed by atoms with Crippen LogP contribution in [0.5, 0.6) is 0 Å². The Labute approximate surface area is 232 Å². The number of benzene rings is 1.